The highest BCUT2D eigenvalue weighted by Gasteiger charge is 2.16. The molecule has 0 bridgehead atoms. The van der Waals surface area contributed by atoms with Crippen molar-refractivity contribution in [2.75, 3.05) is 19.4 Å². The lowest BCUT2D eigenvalue weighted by Crippen LogP contribution is -2.22. The minimum atomic E-state index is -3.45. The molecule has 0 fully saturated rings. The second-order valence-electron chi connectivity index (χ2n) is 5.02. The van der Waals surface area contributed by atoms with Crippen LogP contribution in [0.1, 0.15) is 5.56 Å². The molecule has 6 heteroatoms. The zero-order valence-corrected chi connectivity index (χ0v) is 13.3. The zero-order chi connectivity index (χ0) is 16.2. The second-order valence-corrected chi connectivity index (χ2v) is 7.17. The predicted octanol–water partition coefficient (Wildman–Crippen LogP) is 2.12. The largest absolute Gasteiger partial charge is 0.326 e. The molecule has 0 aromatic heterocycles. The first-order chi connectivity index (χ1) is 10.4. The number of benzene rings is 2. The molecular weight excluding hydrogens is 300 g/mol. The van der Waals surface area contributed by atoms with Crippen molar-refractivity contribution in [2.45, 2.75) is 11.3 Å². The van der Waals surface area contributed by atoms with Crippen LogP contribution < -0.4 is 5.32 Å². The molecular formula is C16H18N2O3S. The summed E-state index contributed by atoms with van der Waals surface area (Å²) in [6.07, 6.45) is 0.276. The van der Waals surface area contributed by atoms with Crippen LogP contribution in [-0.4, -0.2) is 32.7 Å². The molecule has 1 amide bonds. The number of carbonyl (C=O) groups is 1. The monoisotopic (exact) mass is 318 g/mol. The maximum absolute atomic E-state index is 11.9. The Balaban J connectivity index is 2.04. The molecule has 5 nitrogen and oxygen atoms in total. The molecule has 0 atom stereocenters. The Bertz CT molecular complexity index is 739. The molecule has 22 heavy (non-hydrogen) atoms. The Morgan fingerprint density at radius 3 is 2.14 bits per heavy atom. The summed E-state index contributed by atoms with van der Waals surface area (Å²) < 4.78 is 25.0. The number of anilines is 1. The minimum absolute atomic E-state index is 0.144. The van der Waals surface area contributed by atoms with Gasteiger partial charge < -0.3 is 5.32 Å². The molecule has 0 spiro atoms. The van der Waals surface area contributed by atoms with E-state index in [0.29, 0.717) is 5.69 Å². The third-order valence-corrected chi connectivity index (χ3v) is 4.95. The van der Waals surface area contributed by atoms with E-state index >= 15 is 0 Å². The summed E-state index contributed by atoms with van der Waals surface area (Å²) in [5, 5.41) is 2.75. The molecule has 0 saturated heterocycles. The van der Waals surface area contributed by atoms with E-state index in [1.165, 1.54) is 26.2 Å². The molecule has 0 aliphatic heterocycles. The first kappa shape index (κ1) is 16.2. The quantitative estimate of drug-likeness (QED) is 0.918. The Hall–Kier alpha value is -2.18. The van der Waals surface area contributed by atoms with Gasteiger partial charge in [0.05, 0.1) is 11.3 Å². The van der Waals surface area contributed by atoms with E-state index in [2.05, 4.69) is 5.32 Å². The van der Waals surface area contributed by atoms with Crippen molar-refractivity contribution in [1.29, 1.82) is 0 Å². The van der Waals surface area contributed by atoms with Gasteiger partial charge in [0.15, 0.2) is 0 Å². The van der Waals surface area contributed by atoms with Crippen molar-refractivity contribution in [3.63, 3.8) is 0 Å². The fraction of sp³-hybridized carbons (Fsp3) is 0.188. The fourth-order valence-electron chi connectivity index (χ4n) is 1.91. The van der Waals surface area contributed by atoms with Crippen molar-refractivity contribution < 1.29 is 13.2 Å². The van der Waals surface area contributed by atoms with Crippen LogP contribution in [0.2, 0.25) is 0 Å². The van der Waals surface area contributed by atoms with Gasteiger partial charge in [-0.1, -0.05) is 30.3 Å². The van der Waals surface area contributed by atoms with E-state index in [4.69, 9.17) is 0 Å². The number of hydrogen-bond acceptors (Lipinski definition) is 3. The number of rotatable bonds is 5. The van der Waals surface area contributed by atoms with E-state index in [1.54, 1.807) is 12.1 Å². The fourth-order valence-corrected chi connectivity index (χ4v) is 2.81. The predicted molar refractivity (Wildman–Crippen MR) is 86.1 cm³/mol. The van der Waals surface area contributed by atoms with E-state index in [0.717, 1.165) is 9.87 Å². The first-order valence-electron chi connectivity index (χ1n) is 6.76. The van der Waals surface area contributed by atoms with Crippen molar-refractivity contribution >= 4 is 21.6 Å². The van der Waals surface area contributed by atoms with Crippen molar-refractivity contribution in [1.82, 2.24) is 4.31 Å². The van der Waals surface area contributed by atoms with Crippen molar-refractivity contribution in [3.05, 3.63) is 60.2 Å². The Labute approximate surface area is 130 Å². The number of hydrogen-bond donors (Lipinski definition) is 1. The molecule has 2 aromatic carbocycles. The van der Waals surface area contributed by atoms with Crippen LogP contribution >= 0.6 is 0 Å². The Morgan fingerprint density at radius 1 is 1.00 bits per heavy atom. The van der Waals surface area contributed by atoms with Crippen LogP contribution in [0.3, 0.4) is 0 Å². The van der Waals surface area contributed by atoms with E-state index in [9.17, 15) is 13.2 Å². The average Bonchev–Trinajstić information content (AvgIpc) is 2.48. The molecule has 2 aromatic rings. The summed E-state index contributed by atoms with van der Waals surface area (Å²) in [5.74, 6) is -0.144. The van der Waals surface area contributed by atoms with Gasteiger partial charge >= 0.3 is 0 Å². The van der Waals surface area contributed by atoms with Gasteiger partial charge in [0, 0.05) is 19.8 Å². The minimum Gasteiger partial charge on any atom is -0.326 e. The summed E-state index contributed by atoms with van der Waals surface area (Å²) >= 11 is 0. The van der Waals surface area contributed by atoms with Crippen molar-refractivity contribution in [3.8, 4) is 0 Å². The number of nitrogens with zero attached hydrogens (tertiary/aromatic N) is 1. The van der Waals surface area contributed by atoms with Gasteiger partial charge in [-0.3, -0.25) is 4.79 Å². The SMILES string of the molecule is CN(C)S(=O)(=O)c1ccc(NC(=O)Cc2ccccc2)cc1. The third-order valence-electron chi connectivity index (χ3n) is 3.12. The van der Waals surface area contributed by atoms with Gasteiger partial charge in [0.2, 0.25) is 15.9 Å². The smallest absolute Gasteiger partial charge is 0.242 e. The summed E-state index contributed by atoms with van der Waals surface area (Å²) in [5.41, 5.74) is 1.49. The molecule has 0 radical (unpaired) electrons. The maximum Gasteiger partial charge on any atom is 0.242 e. The van der Waals surface area contributed by atoms with Gasteiger partial charge in [0.25, 0.3) is 0 Å². The molecule has 0 aliphatic carbocycles. The molecule has 116 valence electrons. The van der Waals surface area contributed by atoms with Crippen LogP contribution in [0.15, 0.2) is 59.5 Å². The first-order valence-corrected chi connectivity index (χ1v) is 8.20. The van der Waals surface area contributed by atoms with Gasteiger partial charge in [-0.05, 0) is 29.8 Å². The Morgan fingerprint density at radius 2 is 1.59 bits per heavy atom. The summed E-state index contributed by atoms with van der Waals surface area (Å²) in [6.45, 7) is 0. The van der Waals surface area contributed by atoms with E-state index in [1.807, 2.05) is 30.3 Å². The molecule has 0 saturated carbocycles. The van der Waals surface area contributed by atoms with Crippen LogP contribution in [0, 0.1) is 0 Å². The number of nitrogens with one attached hydrogen (secondary N) is 1. The number of amides is 1. The van der Waals surface area contributed by atoms with Crippen molar-refractivity contribution in [2.24, 2.45) is 0 Å². The highest BCUT2D eigenvalue weighted by molar-refractivity contribution is 7.89. The second kappa shape index (κ2) is 6.72. The van der Waals surface area contributed by atoms with Crippen LogP contribution in [-0.2, 0) is 21.2 Å². The molecule has 1 N–H and O–H groups in total. The van der Waals surface area contributed by atoms with Crippen LogP contribution in [0.4, 0.5) is 5.69 Å². The summed E-state index contributed by atoms with van der Waals surface area (Å²) in [4.78, 5) is 12.1. The van der Waals surface area contributed by atoms with Gasteiger partial charge in [-0.25, -0.2) is 12.7 Å². The lowest BCUT2D eigenvalue weighted by atomic mass is 10.1. The molecule has 0 heterocycles. The van der Waals surface area contributed by atoms with E-state index in [-0.39, 0.29) is 17.2 Å². The van der Waals surface area contributed by atoms with Gasteiger partial charge in [-0.15, -0.1) is 0 Å². The lowest BCUT2D eigenvalue weighted by Gasteiger charge is -2.12. The summed E-state index contributed by atoms with van der Waals surface area (Å²) in [7, 11) is -0.496. The average molecular weight is 318 g/mol. The molecule has 2 rings (SSSR count). The Kier molecular flexibility index (Phi) is 4.95. The van der Waals surface area contributed by atoms with Gasteiger partial charge in [-0.2, -0.15) is 0 Å². The van der Waals surface area contributed by atoms with Crippen LogP contribution in [0.5, 0.6) is 0 Å². The topological polar surface area (TPSA) is 66.5 Å². The third kappa shape index (κ3) is 3.93. The standard InChI is InChI=1S/C16H18N2O3S/c1-18(2)22(20,21)15-10-8-14(9-11-15)17-16(19)12-13-6-4-3-5-7-13/h3-11H,12H2,1-2H3,(H,17,19). The normalized spacial score (nSPS) is 11.4. The number of carbonyl (C=O) groups excluding carboxylic acids is 1. The highest BCUT2D eigenvalue weighted by atomic mass is 32.2. The van der Waals surface area contributed by atoms with E-state index < -0.39 is 10.0 Å². The zero-order valence-electron chi connectivity index (χ0n) is 12.5. The molecule has 0 unspecified atom stereocenters. The van der Waals surface area contributed by atoms with Gasteiger partial charge in [0.1, 0.15) is 0 Å². The summed E-state index contributed by atoms with van der Waals surface area (Å²) in [6, 6.07) is 15.5. The highest BCUT2D eigenvalue weighted by Crippen LogP contribution is 2.16. The van der Waals surface area contributed by atoms with Crippen LogP contribution in [0.25, 0.3) is 0 Å². The maximum atomic E-state index is 11.9. The number of sulfonamides is 1. The molecule has 0 aliphatic rings. The lowest BCUT2D eigenvalue weighted by molar-refractivity contribution is -0.115.